The number of carbonyl (C=O) groups is 1. The molecule has 6 nitrogen and oxygen atoms in total. The molecule has 29 heavy (non-hydrogen) atoms. The second kappa shape index (κ2) is 7.34. The van der Waals surface area contributed by atoms with Crippen molar-refractivity contribution in [3.8, 4) is 5.75 Å². The van der Waals surface area contributed by atoms with Crippen LogP contribution in [0.25, 0.3) is 0 Å². The number of aromatic nitrogens is 1. The molecule has 1 atom stereocenters. The van der Waals surface area contributed by atoms with E-state index in [4.69, 9.17) is 14.5 Å². The third-order valence-corrected chi connectivity index (χ3v) is 6.38. The lowest BCUT2D eigenvalue weighted by molar-refractivity contribution is 0.0965. The van der Waals surface area contributed by atoms with Crippen LogP contribution in [0.1, 0.15) is 45.6 Å². The van der Waals surface area contributed by atoms with Gasteiger partial charge in [0.15, 0.2) is 0 Å². The highest BCUT2D eigenvalue weighted by molar-refractivity contribution is 5.98. The maximum absolute atomic E-state index is 11.8. The van der Waals surface area contributed by atoms with Crippen molar-refractivity contribution in [2.45, 2.75) is 51.4 Å². The Labute approximate surface area is 171 Å². The van der Waals surface area contributed by atoms with E-state index in [2.05, 4.69) is 28.4 Å². The molecular formula is C23H27N3O3. The minimum Gasteiger partial charge on any atom is -0.490 e. The van der Waals surface area contributed by atoms with Crippen molar-refractivity contribution in [1.29, 1.82) is 0 Å². The van der Waals surface area contributed by atoms with Gasteiger partial charge in [0, 0.05) is 33.0 Å². The number of benzene rings is 1. The number of methoxy groups -OCH3 is 1. The van der Waals surface area contributed by atoms with E-state index in [1.807, 2.05) is 13.0 Å². The van der Waals surface area contributed by atoms with Crippen LogP contribution in [0.2, 0.25) is 0 Å². The van der Waals surface area contributed by atoms with Gasteiger partial charge in [-0.3, -0.25) is 4.79 Å². The van der Waals surface area contributed by atoms with Gasteiger partial charge in [-0.05, 0) is 54.7 Å². The lowest BCUT2D eigenvalue weighted by Gasteiger charge is -2.34. The van der Waals surface area contributed by atoms with Crippen LogP contribution in [0.5, 0.6) is 5.75 Å². The molecule has 0 bridgehead atoms. The van der Waals surface area contributed by atoms with E-state index >= 15 is 0 Å². The van der Waals surface area contributed by atoms with Crippen molar-refractivity contribution >= 4 is 11.7 Å². The fourth-order valence-electron chi connectivity index (χ4n) is 4.72. The van der Waals surface area contributed by atoms with Gasteiger partial charge in [0.25, 0.3) is 5.91 Å². The van der Waals surface area contributed by atoms with Crippen molar-refractivity contribution in [2.75, 3.05) is 25.1 Å². The molecular weight excluding hydrogens is 366 g/mol. The standard InChI is InChI=1S/C23H27N3O3/c1-14-9-20-21(13-24-23(20)27)25-22(14)26-7-5-17(6-8-26)29-18-4-3-15-10-19(28-2)12-16(15)11-18/h3-4,9,11,17,19H,5-8,10,12-13H2,1-2H3,(H,24,27)/t19-/m1/s1. The Kier molecular flexibility index (Phi) is 4.66. The smallest absolute Gasteiger partial charge is 0.253 e. The van der Waals surface area contributed by atoms with Gasteiger partial charge in [-0.2, -0.15) is 0 Å². The van der Waals surface area contributed by atoms with Crippen molar-refractivity contribution in [3.05, 3.63) is 52.2 Å². The Morgan fingerprint density at radius 1 is 1.10 bits per heavy atom. The third kappa shape index (κ3) is 3.46. The zero-order valence-corrected chi connectivity index (χ0v) is 17.0. The SMILES string of the molecule is CO[C@@H]1Cc2ccc(OC3CCN(c4nc5c(cc4C)C(=O)NC5)CC3)cc2C1. The summed E-state index contributed by atoms with van der Waals surface area (Å²) in [6, 6.07) is 8.45. The quantitative estimate of drug-likeness (QED) is 0.865. The summed E-state index contributed by atoms with van der Waals surface area (Å²) in [5, 5.41) is 2.85. The Hall–Kier alpha value is -2.60. The molecule has 1 N–H and O–H groups in total. The van der Waals surface area contributed by atoms with Crippen LogP contribution in [-0.4, -0.2) is 43.3 Å². The van der Waals surface area contributed by atoms with Crippen LogP contribution in [0.15, 0.2) is 24.3 Å². The largest absolute Gasteiger partial charge is 0.490 e. The number of piperidine rings is 1. The monoisotopic (exact) mass is 393 g/mol. The van der Waals surface area contributed by atoms with E-state index in [0.717, 1.165) is 67.2 Å². The van der Waals surface area contributed by atoms with Crippen LogP contribution < -0.4 is 15.0 Å². The number of nitrogens with zero attached hydrogens (tertiary/aromatic N) is 2. The number of rotatable bonds is 4. The highest BCUT2D eigenvalue weighted by atomic mass is 16.5. The van der Waals surface area contributed by atoms with Crippen LogP contribution in [-0.2, 0) is 24.1 Å². The van der Waals surface area contributed by atoms with Gasteiger partial charge in [0.2, 0.25) is 0 Å². The molecule has 6 heteroatoms. The first-order valence-corrected chi connectivity index (χ1v) is 10.5. The number of amides is 1. The van der Waals surface area contributed by atoms with Crippen LogP contribution in [0.4, 0.5) is 5.82 Å². The fraction of sp³-hybridized carbons (Fsp3) is 0.478. The van der Waals surface area contributed by atoms with E-state index in [1.165, 1.54) is 11.1 Å². The third-order valence-electron chi connectivity index (χ3n) is 6.38. The first-order chi connectivity index (χ1) is 14.1. The molecule has 3 aliphatic rings. The van der Waals surface area contributed by atoms with Crippen LogP contribution in [0.3, 0.4) is 0 Å². The molecule has 5 rings (SSSR count). The number of fused-ring (bicyclic) bond motifs is 2. The van der Waals surface area contributed by atoms with E-state index in [9.17, 15) is 4.79 Å². The Morgan fingerprint density at radius 3 is 2.69 bits per heavy atom. The van der Waals surface area contributed by atoms with E-state index in [-0.39, 0.29) is 12.0 Å². The number of hydrogen-bond acceptors (Lipinski definition) is 5. The lowest BCUT2D eigenvalue weighted by atomic mass is 10.1. The maximum atomic E-state index is 11.8. The molecule has 1 aliphatic carbocycles. The minimum absolute atomic E-state index is 0.0135. The molecule has 152 valence electrons. The molecule has 2 aliphatic heterocycles. The minimum atomic E-state index is -0.0135. The predicted octanol–water partition coefficient (Wildman–Crippen LogP) is 2.79. The number of nitrogens with one attached hydrogen (secondary N) is 1. The maximum Gasteiger partial charge on any atom is 0.253 e. The first kappa shape index (κ1) is 18.4. The second-order valence-corrected chi connectivity index (χ2v) is 8.31. The number of carbonyl (C=O) groups excluding carboxylic acids is 1. The highest BCUT2D eigenvalue weighted by Crippen LogP contribution is 2.30. The molecule has 2 aromatic rings. The number of hydrogen-bond donors (Lipinski definition) is 1. The molecule has 1 saturated heterocycles. The molecule has 1 fully saturated rings. The van der Waals surface area contributed by atoms with Crippen molar-refractivity contribution in [1.82, 2.24) is 10.3 Å². The summed E-state index contributed by atoms with van der Waals surface area (Å²) in [6.45, 7) is 4.39. The van der Waals surface area contributed by atoms with Crippen LogP contribution in [0, 0.1) is 6.92 Å². The van der Waals surface area contributed by atoms with Gasteiger partial charge in [-0.15, -0.1) is 0 Å². The predicted molar refractivity (Wildman–Crippen MR) is 111 cm³/mol. The van der Waals surface area contributed by atoms with Gasteiger partial charge in [0.1, 0.15) is 17.7 Å². The number of anilines is 1. The summed E-state index contributed by atoms with van der Waals surface area (Å²) >= 11 is 0. The number of ether oxygens (including phenoxy) is 2. The average molecular weight is 393 g/mol. The normalized spacial score (nSPS) is 21.1. The fourth-order valence-corrected chi connectivity index (χ4v) is 4.72. The molecule has 1 aromatic heterocycles. The molecule has 1 aromatic carbocycles. The van der Waals surface area contributed by atoms with E-state index < -0.39 is 0 Å². The first-order valence-electron chi connectivity index (χ1n) is 10.5. The van der Waals surface area contributed by atoms with Crippen molar-refractivity contribution in [3.63, 3.8) is 0 Å². The number of pyridine rings is 1. The Bertz CT molecular complexity index is 951. The zero-order chi connectivity index (χ0) is 20.0. The Balaban J connectivity index is 1.22. The number of aryl methyl sites for hydroxylation is 1. The topological polar surface area (TPSA) is 63.7 Å². The summed E-state index contributed by atoms with van der Waals surface area (Å²) in [5.74, 6) is 1.96. The highest BCUT2D eigenvalue weighted by Gasteiger charge is 2.27. The summed E-state index contributed by atoms with van der Waals surface area (Å²) in [6.07, 6.45) is 4.43. The average Bonchev–Trinajstić information content (AvgIpc) is 3.31. The van der Waals surface area contributed by atoms with Gasteiger partial charge in [0.05, 0.1) is 23.9 Å². The van der Waals surface area contributed by atoms with Gasteiger partial charge < -0.3 is 19.7 Å². The van der Waals surface area contributed by atoms with Gasteiger partial charge in [-0.25, -0.2) is 4.98 Å². The van der Waals surface area contributed by atoms with Gasteiger partial charge >= 0.3 is 0 Å². The van der Waals surface area contributed by atoms with Crippen molar-refractivity contribution in [2.24, 2.45) is 0 Å². The molecule has 0 unspecified atom stereocenters. The lowest BCUT2D eigenvalue weighted by Crippen LogP contribution is -2.39. The Morgan fingerprint density at radius 2 is 1.90 bits per heavy atom. The van der Waals surface area contributed by atoms with Gasteiger partial charge in [-0.1, -0.05) is 6.07 Å². The second-order valence-electron chi connectivity index (χ2n) is 8.31. The molecule has 0 spiro atoms. The summed E-state index contributed by atoms with van der Waals surface area (Å²) < 4.78 is 11.8. The zero-order valence-electron chi connectivity index (χ0n) is 17.0. The molecule has 1 amide bonds. The van der Waals surface area contributed by atoms with Crippen molar-refractivity contribution < 1.29 is 14.3 Å². The summed E-state index contributed by atoms with van der Waals surface area (Å²) in [4.78, 5) is 18.9. The van der Waals surface area contributed by atoms with Crippen LogP contribution >= 0.6 is 0 Å². The summed E-state index contributed by atoms with van der Waals surface area (Å²) in [7, 11) is 1.79. The van der Waals surface area contributed by atoms with E-state index in [0.29, 0.717) is 12.6 Å². The molecule has 3 heterocycles. The summed E-state index contributed by atoms with van der Waals surface area (Å²) in [5.41, 5.74) is 5.38. The van der Waals surface area contributed by atoms with E-state index in [1.54, 1.807) is 7.11 Å². The molecule has 0 radical (unpaired) electrons. The molecule has 0 saturated carbocycles.